The number of aliphatic imine (C=N–C) groups is 1. The number of para-hydroxylation sites is 1. The third-order valence-electron chi connectivity index (χ3n) is 2.56. The summed E-state index contributed by atoms with van der Waals surface area (Å²) < 4.78 is 5.17. The number of carbonyl (C=O) groups is 1. The number of benzene rings is 1. The Kier molecular flexibility index (Phi) is 2.66. The maximum atomic E-state index is 10.9. The summed E-state index contributed by atoms with van der Waals surface area (Å²) in [5.74, 6) is -1.30. The number of hydrogen-bond donors (Lipinski definition) is 2. The molecule has 0 saturated heterocycles. The molecule has 16 heavy (non-hydrogen) atoms. The van der Waals surface area contributed by atoms with Crippen molar-refractivity contribution >= 4 is 19.8 Å². The van der Waals surface area contributed by atoms with Crippen LogP contribution in [0.3, 0.4) is 0 Å². The average Bonchev–Trinajstić information content (AvgIpc) is 2.27. The molecule has 0 fully saturated rings. The fraction of sp³-hybridized carbons (Fsp3) is 0.200. The average molecular weight is 219 g/mol. The van der Waals surface area contributed by atoms with Crippen LogP contribution in [0.1, 0.15) is 15.9 Å². The lowest BCUT2D eigenvalue weighted by Gasteiger charge is -2.25. The van der Waals surface area contributed by atoms with Crippen LogP contribution in [-0.4, -0.2) is 35.9 Å². The van der Waals surface area contributed by atoms with E-state index in [0.717, 1.165) is 5.56 Å². The smallest absolute Gasteiger partial charge is 0.534 e. The summed E-state index contributed by atoms with van der Waals surface area (Å²) in [5, 5.41) is 18.5. The van der Waals surface area contributed by atoms with Crippen molar-refractivity contribution in [1.29, 1.82) is 0 Å². The molecule has 1 aliphatic heterocycles. The Morgan fingerprint density at radius 1 is 1.62 bits per heavy atom. The molecule has 2 rings (SSSR count). The van der Waals surface area contributed by atoms with Crippen LogP contribution in [0.2, 0.25) is 0 Å². The van der Waals surface area contributed by atoms with Crippen molar-refractivity contribution < 1.29 is 19.6 Å². The number of rotatable bonds is 2. The molecule has 1 aromatic rings. The molecule has 0 radical (unpaired) electrons. The van der Waals surface area contributed by atoms with Gasteiger partial charge in [0.25, 0.3) is 0 Å². The van der Waals surface area contributed by atoms with Gasteiger partial charge in [-0.1, -0.05) is 12.1 Å². The van der Waals surface area contributed by atoms with Gasteiger partial charge in [0.1, 0.15) is 11.7 Å². The Morgan fingerprint density at radius 2 is 2.38 bits per heavy atom. The number of fused-ring (bicyclic) bond motifs is 1. The minimum atomic E-state index is -1.13. The highest BCUT2D eigenvalue weighted by molar-refractivity contribution is 6.46. The standard InChI is InChI=1S/C10H10BNO4/c1-12-8-5-6-3-2-4-7(10(13)14)9(6)16-11(8)15/h2-4,8,15H,1,5H2,(H,13,14)/t8-/m0/s1. The van der Waals surface area contributed by atoms with Crippen LogP contribution in [0.4, 0.5) is 0 Å². The molecule has 0 amide bonds. The maximum absolute atomic E-state index is 10.9. The summed E-state index contributed by atoms with van der Waals surface area (Å²) >= 11 is 0. The van der Waals surface area contributed by atoms with Gasteiger partial charge in [-0.05, 0) is 24.8 Å². The van der Waals surface area contributed by atoms with Gasteiger partial charge in [-0.2, -0.15) is 0 Å². The van der Waals surface area contributed by atoms with Crippen LogP contribution in [0, 0.1) is 0 Å². The fourth-order valence-corrected chi connectivity index (χ4v) is 1.73. The van der Waals surface area contributed by atoms with Crippen molar-refractivity contribution in [3.63, 3.8) is 0 Å². The van der Waals surface area contributed by atoms with Gasteiger partial charge in [0.05, 0.1) is 5.56 Å². The number of hydrogen-bond acceptors (Lipinski definition) is 4. The summed E-state index contributed by atoms with van der Waals surface area (Å²) in [5.41, 5.74) is 0.779. The zero-order chi connectivity index (χ0) is 11.7. The van der Waals surface area contributed by atoms with Crippen molar-refractivity contribution in [3.05, 3.63) is 29.3 Å². The quantitative estimate of drug-likeness (QED) is 0.557. The molecule has 1 atom stereocenters. The molecule has 1 heterocycles. The Hall–Kier alpha value is -1.82. The van der Waals surface area contributed by atoms with Crippen molar-refractivity contribution in [2.45, 2.75) is 12.4 Å². The van der Waals surface area contributed by atoms with Gasteiger partial charge in [0.15, 0.2) is 0 Å². The van der Waals surface area contributed by atoms with Crippen molar-refractivity contribution in [3.8, 4) is 5.75 Å². The normalized spacial score (nSPS) is 18.6. The van der Waals surface area contributed by atoms with Crippen LogP contribution in [0.25, 0.3) is 0 Å². The van der Waals surface area contributed by atoms with Crippen LogP contribution < -0.4 is 4.65 Å². The SMILES string of the molecule is C=N[C@H]1Cc2cccc(C(=O)O)c2OB1O. The number of aromatic carboxylic acids is 1. The molecular weight excluding hydrogens is 209 g/mol. The van der Waals surface area contributed by atoms with Crippen molar-refractivity contribution in [1.82, 2.24) is 0 Å². The molecule has 1 aromatic carbocycles. The van der Waals surface area contributed by atoms with E-state index in [2.05, 4.69) is 11.7 Å². The first-order valence-electron chi connectivity index (χ1n) is 4.79. The number of carboxylic acid groups (broad SMARTS) is 1. The van der Waals surface area contributed by atoms with E-state index >= 15 is 0 Å². The molecule has 6 heteroatoms. The van der Waals surface area contributed by atoms with Crippen LogP contribution in [0.5, 0.6) is 5.75 Å². The molecule has 0 bridgehead atoms. The molecule has 0 unspecified atom stereocenters. The van der Waals surface area contributed by atoms with Gasteiger partial charge in [0.2, 0.25) is 0 Å². The predicted octanol–water partition coefficient (Wildman–Crippen LogP) is 0.409. The van der Waals surface area contributed by atoms with Gasteiger partial charge in [0, 0.05) is 0 Å². The molecule has 1 aliphatic rings. The molecular formula is C10H10BNO4. The van der Waals surface area contributed by atoms with Gasteiger partial charge in [-0.25, -0.2) is 4.79 Å². The van der Waals surface area contributed by atoms with Crippen molar-refractivity contribution in [2.75, 3.05) is 0 Å². The van der Waals surface area contributed by atoms with Gasteiger partial charge in [-0.15, -0.1) is 0 Å². The summed E-state index contributed by atoms with van der Waals surface area (Å²) in [6.45, 7) is 3.36. The van der Waals surface area contributed by atoms with Gasteiger partial charge in [-0.3, -0.25) is 4.99 Å². The van der Waals surface area contributed by atoms with E-state index in [1.54, 1.807) is 12.1 Å². The topological polar surface area (TPSA) is 79.1 Å². The second-order valence-corrected chi connectivity index (χ2v) is 3.56. The minimum Gasteiger partial charge on any atom is -0.534 e. The van der Waals surface area contributed by atoms with E-state index in [0.29, 0.717) is 6.42 Å². The summed E-state index contributed by atoms with van der Waals surface area (Å²) in [7, 11) is -1.13. The lowest BCUT2D eigenvalue weighted by Crippen LogP contribution is -2.41. The lowest BCUT2D eigenvalue weighted by molar-refractivity contribution is 0.0694. The van der Waals surface area contributed by atoms with E-state index in [-0.39, 0.29) is 11.3 Å². The first-order chi connectivity index (χ1) is 7.63. The summed E-state index contributed by atoms with van der Waals surface area (Å²) in [6.07, 6.45) is 0.432. The first-order valence-corrected chi connectivity index (χ1v) is 4.79. The molecule has 2 N–H and O–H groups in total. The monoisotopic (exact) mass is 219 g/mol. The molecule has 0 saturated carbocycles. The Bertz CT molecular complexity index is 448. The predicted molar refractivity (Wildman–Crippen MR) is 59.0 cm³/mol. The van der Waals surface area contributed by atoms with Gasteiger partial charge < -0.3 is 14.8 Å². The first kappa shape index (κ1) is 10.7. The van der Waals surface area contributed by atoms with E-state index in [1.165, 1.54) is 6.07 Å². The minimum absolute atomic E-state index is 0.0547. The fourth-order valence-electron chi connectivity index (χ4n) is 1.73. The largest absolute Gasteiger partial charge is 0.549 e. The summed E-state index contributed by atoms with van der Waals surface area (Å²) in [4.78, 5) is 14.7. The number of carboxylic acids is 1. The highest BCUT2D eigenvalue weighted by Crippen LogP contribution is 2.30. The van der Waals surface area contributed by atoms with E-state index in [1.807, 2.05) is 0 Å². The molecule has 82 valence electrons. The third kappa shape index (κ3) is 1.67. The van der Waals surface area contributed by atoms with E-state index < -0.39 is 19.0 Å². The highest BCUT2D eigenvalue weighted by Gasteiger charge is 2.35. The summed E-state index contributed by atoms with van der Waals surface area (Å²) in [6, 6.07) is 4.84. The van der Waals surface area contributed by atoms with Crippen LogP contribution >= 0.6 is 0 Å². The molecule has 0 aromatic heterocycles. The van der Waals surface area contributed by atoms with E-state index in [9.17, 15) is 9.82 Å². The van der Waals surface area contributed by atoms with Crippen LogP contribution in [0.15, 0.2) is 23.2 Å². The maximum Gasteiger partial charge on any atom is 0.549 e. The molecule has 0 aliphatic carbocycles. The van der Waals surface area contributed by atoms with Gasteiger partial charge >= 0.3 is 13.1 Å². The Morgan fingerprint density at radius 3 is 3.00 bits per heavy atom. The van der Waals surface area contributed by atoms with Crippen LogP contribution in [-0.2, 0) is 6.42 Å². The molecule has 0 spiro atoms. The van der Waals surface area contributed by atoms with E-state index in [4.69, 9.17) is 9.76 Å². The Labute approximate surface area is 92.5 Å². The number of nitrogens with zero attached hydrogens (tertiary/aromatic N) is 1. The third-order valence-corrected chi connectivity index (χ3v) is 2.56. The highest BCUT2D eigenvalue weighted by atomic mass is 16.5. The zero-order valence-electron chi connectivity index (χ0n) is 8.46. The molecule has 5 nitrogen and oxygen atoms in total. The lowest BCUT2D eigenvalue weighted by atomic mass is 9.73. The second-order valence-electron chi connectivity index (χ2n) is 3.56. The second kappa shape index (κ2) is 3.98. The van der Waals surface area contributed by atoms with Crippen molar-refractivity contribution in [2.24, 2.45) is 4.99 Å². The Balaban J connectivity index is 2.46. The zero-order valence-corrected chi connectivity index (χ0v) is 8.46.